The van der Waals surface area contributed by atoms with Crippen LogP contribution in [0.15, 0.2) is 35.9 Å². The summed E-state index contributed by atoms with van der Waals surface area (Å²) in [6.07, 6.45) is -8.31. The standard InChI is InChI=1S/C34H43F17O5Si/c1-7-54-26(53)22(6)10-8-9-11-25(52)23-12-14-24(15-13-23)55-17-18-56-57(20(2)3,21(4)5)19-16-27(35,36)28(37,38)29(39,40)30(41,42)31(43,44)32(45,46)33(47,48)34(49,50)51/h10,12-15,20-21,25,52H,7-9,11,16-19H2,1-6H3/b22-10+/t25-/m1/s1. The van der Waals surface area contributed by atoms with Crippen LogP contribution in [0.5, 0.6) is 5.75 Å². The smallest absolute Gasteiger partial charge is 0.460 e. The third-order valence-electron chi connectivity index (χ3n) is 9.29. The van der Waals surface area contributed by atoms with Crippen molar-refractivity contribution in [2.75, 3.05) is 19.8 Å². The first-order valence-electron chi connectivity index (χ1n) is 17.2. The van der Waals surface area contributed by atoms with Crippen molar-refractivity contribution in [1.29, 1.82) is 0 Å². The van der Waals surface area contributed by atoms with Crippen LogP contribution >= 0.6 is 0 Å². The molecule has 332 valence electrons. The summed E-state index contributed by atoms with van der Waals surface area (Å²) in [5, 5.41) is 10.5. The number of rotatable bonds is 23. The van der Waals surface area contributed by atoms with Gasteiger partial charge in [0.05, 0.1) is 19.3 Å². The summed E-state index contributed by atoms with van der Waals surface area (Å²) in [4.78, 5) is 11.6. The predicted molar refractivity (Wildman–Crippen MR) is 173 cm³/mol. The number of hydrogen-bond donors (Lipinski definition) is 1. The van der Waals surface area contributed by atoms with E-state index >= 15 is 0 Å². The molecule has 0 saturated carbocycles. The van der Waals surface area contributed by atoms with Crippen molar-refractivity contribution in [3.05, 3.63) is 41.5 Å². The molecule has 1 aromatic carbocycles. The van der Waals surface area contributed by atoms with Crippen LogP contribution in [0, 0.1) is 0 Å². The van der Waals surface area contributed by atoms with Crippen LogP contribution in [0.1, 0.15) is 78.9 Å². The number of unbranched alkanes of at least 4 members (excludes halogenated alkanes) is 1. The Kier molecular flexibility index (Phi) is 17.1. The molecule has 1 N–H and O–H groups in total. The number of aliphatic hydroxyl groups is 1. The van der Waals surface area contributed by atoms with Gasteiger partial charge in [-0.1, -0.05) is 45.9 Å². The lowest BCUT2D eigenvalue weighted by atomic mass is 9.88. The second kappa shape index (κ2) is 18.6. The van der Waals surface area contributed by atoms with E-state index in [1.807, 2.05) is 0 Å². The number of esters is 1. The second-order valence-corrected chi connectivity index (χ2v) is 18.7. The minimum absolute atomic E-state index is 0.189. The maximum atomic E-state index is 14.8. The molecule has 57 heavy (non-hydrogen) atoms. The molecular weight excluding hydrogens is 839 g/mol. The molecule has 1 aromatic rings. The van der Waals surface area contributed by atoms with E-state index < -0.39 is 98.2 Å². The summed E-state index contributed by atoms with van der Waals surface area (Å²) >= 11 is 0. The van der Waals surface area contributed by atoms with E-state index in [0.717, 1.165) is 0 Å². The fourth-order valence-electron chi connectivity index (χ4n) is 5.66. The number of alkyl halides is 17. The number of hydrogen-bond acceptors (Lipinski definition) is 5. The second-order valence-electron chi connectivity index (χ2n) is 13.7. The maximum absolute atomic E-state index is 14.8. The van der Waals surface area contributed by atoms with Crippen molar-refractivity contribution in [3.63, 3.8) is 0 Å². The molecule has 0 bridgehead atoms. The van der Waals surface area contributed by atoms with Crippen LogP contribution in [0.3, 0.4) is 0 Å². The van der Waals surface area contributed by atoms with Gasteiger partial charge in [-0.15, -0.1) is 0 Å². The van der Waals surface area contributed by atoms with E-state index in [2.05, 4.69) is 0 Å². The van der Waals surface area contributed by atoms with Gasteiger partial charge in [-0.3, -0.25) is 0 Å². The molecule has 23 heteroatoms. The summed E-state index contributed by atoms with van der Waals surface area (Å²) in [6.45, 7) is 7.95. The van der Waals surface area contributed by atoms with Gasteiger partial charge in [0.15, 0.2) is 8.32 Å². The molecule has 0 amide bonds. The minimum Gasteiger partial charge on any atom is -0.491 e. The van der Waals surface area contributed by atoms with Gasteiger partial charge in [0.2, 0.25) is 0 Å². The van der Waals surface area contributed by atoms with Crippen molar-refractivity contribution >= 4 is 14.3 Å². The predicted octanol–water partition coefficient (Wildman–Crippen LogP) is 12.0. The average molecular weight is 883 g/mol. The molecule has 5 nitrogen and oxygen atoms in total. The summed E-state index contributed by atoms with van der Waals surface area (Å²) < 4.78 is 250. The van der Waals surface area contributed by atoms with Crippen LogP contribution in [-0.2, 0) is 14.0 Å². The van der Waals surface area contributed by atoms with Gasteiger partial charge in [0.1, 0.15) is 12.4 Å². The molecule has 0 aliphatic carbocycles. The minimum atomic E-state index is -8.68. The Hall–Kier alpha value is -2.82. The molecule has 1 rings (SSSR count). The number of benzene rings is 1. The fraction of sp³-hybridized carbons (Fsp3) is 0.735. The molecule has 0 spiro atoms. The third kappa shape index (κ3) is 10.5. The van der Waals surface area contributed by atoms with Crippen LogP contribution in [0.2, 0.25) is 17.1 Å². The van der Waals surface area contributed by atoms with Gasteiger partial charge in [-0.05, 0) is 67.9 Å². The molecule has 0 unspecified atom stereocenters. The molecule has 0 radical (unpaired) electrons. The molecule has 0 saturated heterocycles. The van der Waals surface area contributed by atoms with E-state index in [4.69, 9.17) is 13.9 Å². The SMILES string of the molecule is CCOC(=O)/C(C)=C/CCC[C@@H](O)c1ccc(OCCO[Si](CCC(F)(F)C(F)(F)C(F)(F)C(F)(F)C(F)(F)C(F)(F)C(F)(F)C(F)(F)F)(C(C)C)C(C)C)cc1. The molecule has 0 fully saturated rings. The topological polar surface area (TPSA) is 65.0 Å². The highest BCUT2D eigenvalue weighted by Crippen LogP contribution is 2.64. The van der Waals surface area contributed by atoms with E-state index in [9.17, 15) is 84.5 Å². The maximum Gasteiger partial charge on any atom is 0.460 e. The van der Waals surface area contributed by atoms with Gasteiger partial charge in [0.25, 0.3) is 0 Å². The zero-order chi connectivity index (χ0) is 44.9. The van der Waals surface area contributed by atoms with Gasteiger partial charge in [-0.2, -0.15) is 74.6 Å². The average Bonchev–Trinajstić information content (AvgIpc) is 3.08. The largest absolute Gasteiger partial charge is 0.491 e. The molecule has 0 aliphatic heterocycles. The third-order valence-corrected chi connectivity index (χ3v) is 15.0. The van der Waals surface area contributed by atoms with Gasteiger partial charge < -0.3 is 19.0 Å². The van der Waals surface area contributed by atoms with Crippen molar-refractivity contribution in [3.8, 4) is 5.75 Å². The zero-order valence-electron chi connectivity index (χ0n) is 31.3. The molecule has 0 heterocycles. The number of carbonyl (C=O) groups is 1. The number of aliphatic hydroxyl groups excluding tert-OH is 1. The lowest BCUT2D eigenvalue weighted by Crippen LogP contribution is -2.74. The number of carbonyl (C=O) groups excluding carboxylic acids is 1. The normalized spacial score (nSPS) is 15.4. The lowest BCUT2D eigenvalue weighted by Gasteiger charge is -2.44. The molecule has 0 aromatic heterocycles. The van der Waals surface area contributed by atoms with Crippen molar-refractivity contribution in [1.82, 2.24) is 0 Å². The number of halogens is 17. The van der Waals surface area contributed by atoms with Gasteiger partial charge >= 0.3 is 53.6 Å². The first-order chi connectivity index (χ1) is 25.6. The fourth-order valence-corrected chi connectivity index (χ4v) is 10.1. The van der Waals surface area contributed by atoms with E-state index in [0.29, 0.717) is 30.4 Å². The zero-order valence-corrected chi connectivity index (χ0v) is 32.3. The Balaban J connectivity index is 3.11. The Bertz CT molecular complexity index is 1470. The number of allylic oxidation sites excluding steroid dienone is 1. The highest BCUT2D eigenvalue weighted by atomic mass is 28.4. The first kappa shape index (κ1) is 52.2. The summed E-state index contributed by atoms with van der Waals surface area (Å²) in [6, 6.07) is 4.57. The summed E-state index contributed by atoms with van der Waals surface area (Å²) in [5.41, 5.74) is -0.800. The van der Waals surface area contributed by atoms with E-state index in [1.165, 1.54) is 52.0 Å². The van der Waals surface area contributed by atoms with Crippen LogP contribution < -0.4 is 4.74 Å². The van der Waals surface area contributed by atoms with E-state index in [-0.39, 0.29) is 19.0 Å². The molecule has 1 atom stereocenters. The van der Waals surface area contributed by atoms with Crippen molar-refractivity contribution < 1.29 is 98.4 Å². The van der Waals surface area contributed by atoms with Crippen molar-refractivity contribution in [2.24, 2.45) is 0 Å². The first-order valence-corrected chi connectivity index (χ1v) is 19.4. The Morgan fingerprint density at radius 1 is 0.719 bits per heavy atom. The highest BCUT2D eigenvalue weighted by molar-refractivity contribution is 6.76. The van der Waals surface area contributed by atoms with Gasteiger partial charge in [-0.25, -0.2) is 4.79 Å². The summed E-state index contributed by atoms with van der Waals surface area (Å²) in [5.74, 6) is -56.9. The van der Waals surface area contributed by atoms with Crippen LogP contribution in [-0.4, -0.2) is 86.8 Å². The lowest BCUT2D eigenvalue weighted by molar-refractivity contribution is -0.461. The molecule has 0 aliphatic rings. The quantitative estimate of drug-likeness (QED) is 0.0390. The van der Waals surface area contributed by atoms with Crippen LogP contribution in [0.25, 0.3) is 0 Å². The van der Waals surface area contributed by atoms with Crippen LogP contribution in [0.4, 0.5) is 74.6 Å². The highest BCUT2D eigenvalue weighted by Gasteiger charge is 2.95. The molecular formula is C34H43F17O5Si. The Labute approximate surface area is 318 Å². The Morgan fingerprint density at radius 3 is 1.61 bits per heavy atom. The number of ether oxygens (including phenoxy) is 2. The summed E-state index contributed by atoms with van der Waals surface area (Å²) in [7, 11) is -3.93. The monoisotopic (exact) mass is 882 g/mol. The van der Waals surface area contributed by atoms with E-state index in [1.54, 1.807) is 19.9 Å². The van der Waals surface area contributed by atoms with Gasteiger partial charge in [0, 0.05) is 12.0 Å². The Morgan fingerprint density at radius 2 is 1.18 bits per heavy atom. The van der Waals surface area contributed by atoms with Crippen molar-refractivity contribution in [2.45, 2.75) is 138 Å².